The van der Waals surface area contributed by atoms with E-state index in [1.807, 2.05) is 35.6 Å². The number of fused-ring (bicyclic) bond motifs is 1. The van der Waals surface area contributed by atoms with Gasteiger partial charge < -0.3 is 5.73 Å². The SMILES string of the molecule is NC(c1ccc(Cl)cc1)C1CCCc2sccc21. The Hall–Kier alpha value is -0.830. The maximum Gasteiger partial charge on any atom is 0.0406 e. The zero-order chi connectivity index (χ0) is 12.5. The van der Waals surface area contributed by atoms with Gasteiger partial charge in [-0.2, -0.15) is 0 Å². The van der Waals surface area contributed by atoms with Crippen LogP contribution in [0.4, 0.5) is 0 Å². The van der Waals surface area contributed by atoms with E-state index >= 15 is 0 Å². The lowest BCUT2D eigenvalue weighted by Crippen LogP contribution is -2.22. The lowest BCUT2D eigenvalue weighted by Gasteiger charge is -2.28. The van der Waals surface area contributed by atoms with Gasteiger partial charge in [0.15, 0.2) is 0 Å². The van der Waals surface area contributed by atoms with Crippen LogP contribution in [0.5, 0.6) is 0 Å². The summed E-state index contributed by atoms with van der Waals surface area (Å²) in [6.07, 6.45) is 3.66. The van der Waals surface area contributed by atoms with E-state index in [2.05, 4.69) is 11.4 Å². The van der Waals surface area contributed by atoms with Crippen molar-refractivity contribution in [1.82, 2.24) is 0 Å². The molecule has 2 N–H and O–H groups in total. The minimum atomic E-state index is 0.0796. The van der Waals surface area contributed by atoms with Crippen LogP contribution in [0.15, 0.2) is 35.7 Å². The Morgan fingerprint density at radius 2 is 2.00 bits per heavy atom. The van der Waals surface area contributed by atoms with Crippen molar-refractivity contribution in [3.63, 3.8) is 0 Å². The summed E-state index contributed by atoms with van der Waals surface area (Å²) in [6.45, 7) is 0. The molecule has 0 saturated carbocycles. The fraction of sp³-hybridized carbons (Fsp3) is 0.333. The maximum atomic E-state index is 6.46. The highest BCUT2D eigenvalue weighted by atomic mass is 35.5. The molecule has 1 aliphatic carbocycles. The monoisotopic (exact) mass is 277 g/mol. The molecule has 2 unspecified atom stereocenters. The third kappa shape index (κ3) is 2.20. The Balaban J connectivity index is 1.90. The first kappa shape index (κ1) is 12.2. The molecule has 94 valence electrons. The number of halogens is 1. The van der Waals surface area contributed by atoms with Gasteiger partial charge in [-0.15, -0.1) is 11.3 Å². The largest absolute Gasteiger partial charge is 0.323 e. The van der Waals surface area contributed by atoms with Gasteiger partial charge in [0.25, 0.3) is 0 Å². The highest BCUT2D eigenvalue weighted by molar-refractivity contribution is 7.10. The van der Waals surface area contributed by atoms with E-state index in [4.69, 9.17) is 17.3 Å². The summed E-state index contributed by atoms with van der Waals surface area (Å²) in [6, 6.07) is 10.3. The van der Waals surface area contributed by atoms with E-state index < -0.39 is 0 Å². The molecule has 1 aliphatic rings. The van der Waals surface area contributed by atoms with Gasteiger partial charge in [-0.3, -0.25) is 0 Å². The molecule has 1 aromatic heterocycles. The average Bonchev–Trinajstić information content (AvgIpc) is 2.87. The van der Waals surface area contributed by atoms with Crippen molar-refractivity contribution in [2.24, 2.45) is 5.73 Å². The molecular weight excluding hydrogens is 262 g/mol. The van der Waals surface area contributed by atoms with Crippen LogP contribution in [-0.2, 0) is 6.42 Å². The maximum absolute atomic E-state index is 6.46. The van der Waals surface area contributed by atoms with Crippen molar-refractivity contribution < 1.29 is 0 Å². The Morgan fingerprint density at radius 1 is 1.22 bits per heavy atom. The van der Waals surface area contributed by atoms with Crippen molar-refractivity contribution in [3.8, 4) is 0 Å². The van der Waals surface area contributed by atoms with E-state index in [1.165, 1.54) is 35.3 Å². The summed E-state index contributed by atoms with van der Waals surface area (Å²) in [5, 5.41) is 2.96. The van der Waals surface area contributed by atoms with Crippen molar-refractivity contribution in [3.05, 3.63) is 56.7 Å². The third-order valence-electron chi connectivity index (χ3n) is 3.79. The minimum absolute atomic E-state index is 0.0796. The molecule has 1 heterocycles. The summed E-state index contributed by atoms with van der Waals surface area (Å²) in [5.41, 5.74) is 9.11. The number of nitrogens with two attached hydrogens (primary N) is 1. The molecule has 2 atom stereocenters. The second kappa shape index (κ2) is 5.04. The van der Waals surface area contributed by atoms with Crippen LogP contribution in [0, 0.1) is 0 Å². The molecule has 0 amide bonds. The molecule has 0 aliphatic heterocycles. The van der Waals surface area contributed by atoms with Gasteiger partial charge in [-0.05, 0) is 54.0 Å². The van der Waals surface area contributed by atoms with Gasteiger partial charge >= 0.3 is 0 Å². The Morgan fingerprint density at radius 3 is 2.78 bits per heavy atom. The quantitative estimate of drug-likeness (QED) is 0.858. The zero-order valence-electron chi connectivity index (χ0n) is 10.1. The Kier molecular flexibility index (Phi) is 3.42. The van der Waals surface area contributed by atoms with Crippen LogP contribution in [-0.4, -0.2) is 0 Å². The van der Waals surface area contributed by atoms with Crippen molar-refractivity contribution in [2.45, 2.75) is 31.2 Å². The summed E-state index contributed by atoms with van der Waals surface area (Å²) in [7, 11) is 0. The number of hydrogen-bond acceptors (Lipinski definition) is 2. The molecule has 1 nitrogen and oxygen atoms in total. The van der Waals surface area contributed by atoms with Gasteiger partial charge in [0.2, 0.25) is 0 Å². The van der Waals surface area contributed by atoms with Crippen LogP contribution in [0.1, 0.15) is 40.8 Å². The number of rotatable bonds is 2. The number of thiophene rings is 1. The number of benzene rings is 1. The fourth-order valence-electron chi connectivity index (χ4n) is 2.81. The lowest BCUT2D eigenvalue weighted by molar-refractivity contribution is 0.479. The van der Waals surface area contributed by atoms with Gasteiger partial charge in [0.05, 0.1) is 0 Å². The first-order chi connectivity index (χ1) is 8.75. The van der Waals surface area contributed by atoms with Gasteiger partial charge in [-0.25, -0.2) is 0 Å². The predicted octanol–water partition coefficient (Wildman–Crippen LogP) is 4.52. The minimum Gasteiger partial charge on any atom is -0.323 e. The van der Waals surface area contributed by atoms with Crippen LogP contribution in [0.25, 0.3) is 0 Å². The first-order valence-electron chi connectivity index (χ1n) is 6.33. The number of hydrogen-bond donors (Lipinski definition) is 1. The molecule has 3 heteroatoms. The Labute approximate surface area is 117 Å². The number of aryl methyl sites for hydroxylation is 1. The van der Waals surface area contributed by atoms with Crippen molar-refractivity contribution >= 4 is 22.9 Å². The van der Waals surface area contributed by atoms with Gasteiger partial charge in [0.1, 0.15) is 0 Å². The molecule has 0 fully saturated rings. The van der Waals surface area contributed by atoms with Crippen molar-refractivity contribution in [1.29, 1.82) is 0 Å². The van der Waals surface area contributed by atoms with Crippen LogP contribution >= 0.6 is 22.9 Å². The fourth-order valence-corrected chi connectivity index (χ4v) is 3.94. The van der Waals surface area contributed by atoms with E-state index in [0.29, 0.717) is 5.92 Å². The average molecular weight is 278 g/mol. The summed E-state index contributed by atoms with van der Waals surface area (Å²) in [4.78, 5) is 1.52. The smallest absolute Gasteiger partial charge is 0.0406 e. The van der Waals surface area contributed by atoms with E-state index in [-0.39, 0.29) is 6.04 Å². The lowest BCUT2D eigenvalue weighted by atomic mass is 9.80. The summed E-state index contributed by atoms with van der Waals surface area (Å²) in [5.74, 6) is 0.459. The molecule has 0 saturated heterocycles. The third-order valence-corrected chi connectivity index (χ3v) is 5.04. The van der Waals surface area contributed by atoms with Crippen molar-refractivity contribution in [2.75, 3.05) is 0 Å². The molecule has 1 aromatic carbocycles. The first-order valence-corrected chi connectivity index (χ1v) is 7.59. The molecule has 0 spiro atoms. The van der Waals surface area contributed by atoms with E-state index in [0.717, 1.165) is 5.02 Å². The van der Waals surface area contributed by atoms with E-state index in [1.54, 1.807) is 0 Å². The highest BCUT2D eigenvalue weighted by Gasteiger charge is 2.27. The van der Waals surface area contributed by atoms with Crippen LogP contribution in [0.2, 0.25) is 5.02 Å². The molecule has 3 rings (SSSR count). The topological polar surface area (TPSA) is 26.0 Å². The van der Waals surface area contributed by atoms with Crippen LogP contribution < -0.4 is 5.73 Å². The molecule has 0 bridgehead atoms. The normalized spacial score (nSPS) is 20.4. The van der Waals surface area contributed by atoms with E-state index in [9.17, 15) is 0 Å². The summed E-state index contributed by atoms with van der Waals surface area (Å²) < 4.78 is 0. The highest BCUT2D eigenvalue weighted by Crippen LogP contribution is 2.41. The molecule has 18 heavy (non-hydrogen) atoms. The standard InChI is InChI=1S/C15H16ClNS/c16-11-6-4-10(5-7-11)15(17)13-2-1-3-14-12(13)8-9-18-14/h4-9,13,15H,1-3,17H2. The van der Waals surface area contributed by atoms with Gasteiger partial charge in [0, 0.05) is 21.9 Å². The second-order valence-corrected chi connectivity index (χ2v) is 6.31. The zero-order valence-corrected chi connectivity index (χ0v) is 11.7. The molecule has 0 radical (unpaired) electrons. The summed E-state index contributed by atoms with van der Waals surface area (Å²) >= 11 is 7.79. The second-order valence-electron chi connectivity index (χ2n) is 4.88. The molecule has 2 aromatic rings. The molecular formula is C15H16ClNS. The van der Waals surface area contributed by atoms with Gasteiger partial charge in [-0.1, -0.05) is 23.7 Å². The van der Waals surface area contributed by atoms with Crippen LogP contribution in [0.3, 0.4) is 0 Å². The Bertz CT molecular complexity index is 532. The predicted molar refractivity (Wildman–Crippen MR) is 78.4 cm³/mol.